The molecule has 0 bridgehead atoms. The number of urea groups is 1. The average molecular weight is 250 g/mol. The Bertz CT molecular complexity index is 183. The van der Waals surface area contributed by atoms with Crippen LogP contribution in [-0.4, -0.2) is 39.7 Å². The van der Waals surface area contributed by atoms with Crippen molar-refractivity contribution in [2.75, 3.05) is 13.6 Å². The molecule has 0 radical (unpaired) electrons. The van der Waals surface area contributed by atoms with Crippen molar-refractivity contribution in [3.05, 3.63) is 0 Å². The highest BCUT2D eigenvalue weighted by atomic mass is 35.6. The summed E-state index contributed by atoms with van der Waals surface area (Å²) in [7, 11) is 1.33. The van der Waals surface area contributed by atoms with Gasteiger partial charge in [0.2, 0.25) is 3.79 Å². The van der Waals surface area contributed by atoms with Gasteiger partial charge in [-0.25, -0.2) is 4.79 Å². The topological polar surface area (TPSA) is 52.6 Å². The minimum atomic E-state index is -1.90. The number of aliphatic hydroxyl groups is 1. The van der Waals surface area contributed by atoms with Crippen molar-refractivity contribution in [2.45, 2.75) is 16.9 Å². The molecule has 0 spiro atoms. The van der Waals surface area contributed by atoms with Crippen LogP contribution in [0.3, 0.4) is 0 Å². The molecule has 0 heterocycles. The first kappa shape index (κ1) is 13.1. The fraction of sp³-hybridized carbons (Fsp3) is 0.833. The normalized spacial score (nSPS) is 13.7. The number of carbonyl (C=O) groups is 1. The molecular formula is C6H11Cl3N2O2. The number of amides is 2. The van der Waals surface area contributed by atoms with Crippen LogP contribution in [0.15, 0.2) is 0 Å². The Balaban J connectivity index is 4.25. The third-order valence-corrected chi connectivity index (χ3v) is 1.89. The maximum Gasteiger partial charge on any atom is 0.319 e. The van der Waals surface area contributed by atoms with Gasteiger partial charge in [-0.05, 0) is 6.92 Å². The Kier molecular flexibility index (Phi) is 5.14. The highest BCUT2D eigenvalue weighted by Crippen LogP contribution is 2.31. The monoisotopic (exact) mass is 248 g/mol. The first-order chi connectivity index (χ1) is 5.80. The first-order valence-electron chi connectivity index (χ1n) is 3.56. The van der Waals surface area contributed by atoms with Gasteiger partial charge in [0.15, 0.2) is 6.23 Å². The van der Waals surface area contributed by atoms with Gasteiger partial charge in [0, 0.05) is 13.6 Å². The van der Waals surface area contributed by atoms with Crippen LogP contribution in [0.25, 0.3) is 0 Å². The van der Waals surface area contributed by atoms with Crippen molar-refractivity contribution in [1.82, 2.24) is 10.2 Å². The first-order valence-corrected chi connectivity index (χ1v) is 4.69. The third kappa shape index (κ3) is 4.22. The van der Waals surface area contributed by atoms with Gasteiger partial charge in [-0.3, -0.25) is 4.90 Å². The van der Waals surface area contributed by atoms with Crippen LogP contribution in [-0.2, 0) is 0 Å². The molecule has 0 saturated heterocycles. The van der Waals surface area contributed by atoms with Crippen LogP contribution in [0, 0.1) is 0 Å². The van der Waals surface area contributed by atoms with E-state index in [1.54, 1.807) is 6.92 Å². The van der Waals surface area contributed by atoms with E-state index in [1.807, 2.05) is 0 Å². The number of nitrogens with one attached hydrogen (secondary N) is 1. The largest absolute Gasteiger partial charge is 0.369 e. The van der Waals surface area contributed by atoms with E-state index < -0.39 is 16.1 Å². The molecule has 0 aromatic carbocycles. The Labute approximate surface area is 91.7 Å². The van der Waals surface area contributed by atoms with Crippen molar-refractivity contribution in [2.24, 2.45) is 0 Å². The summed E-state index contributed by atoms with van der Waals surface area (Å²) in [5.74, 6) is 0. The van der Waals surface area contributed by atoms with Crippen molar-refractivity contribution >= 4 is 40.8 Å². The van der Waals surface area contributed by atoms with Gasteiger partial charge in [0.1, 0.15) is 0 Å². The van der Waals surface area contributed by atoms with Gasteiger partial charge in [0.25, 0.3) is 0 Å². The maximum atomic E-state index is 11.1. The molecule has 0 saturated carbocycles. The molecule has 0 aliphatic rings. The van der Waals surface area contributed by atoms with E-state index >= 15 is 0 Å². The van der Waals surface area contributed by atoms with Crippen molar-refractivity contribution in [3.63, 3.8) is 0 Å². The standard InChI is InChI=1S/C6H11Cl3N2O2/c1-3-10-5(13)11(2)4(12)6(7,8)9/h4,12H,3H2,1-2H3,(H,10,13). The number of hydrogen-bond donors (Lipinski definition) is 2. The zero-order valence-electron chi connectivity index (χ0n) is 7.22. The molecule has 7 heteroatoms. The number of alkyl halides is 3. The second-order valence-electron chi connectivity index (χ2n) is 2.36. The minimum absolute atomic E-state index is 0.440. The molecule has 13 heavy (non-hydrogen) atoms. The number of rotatable bonds is 2. The molecule has 1 atom stereocenters. The van der Waals surface area contributed by atoms with Crippen LogP contribution in [0.1, 0.15) is 6.92 Å². The van der Waals surface area contributed by atoms with E-state index in [1.165, 1.54) is 7.05 Å². The minimum Gasteiger partial charge on any atom is -0.369 e. The summed E-state index contributed by atoms with van der Waals surface area (Å²) in [5, 5.41) is 11.8. The summed E-state index contributed by atoms with van der Waals surface area (Å²) in [6.45, 7) is 2.18. The lowest BCUT2D eigenvalue weighted by molar-refractivity contribution is 0.0500. The van der Waals surface area contributed by atoms with E-state index in [2.05, 4.69) is 5.32 Å². The zero-order chi connectivity index (χ0) is 10.6. The SMILES string of the molecule is CCNC(=O)N(C)C(O)C(Cl)(Cl)Cl. The molecule has 78 valence electrons. The molecule has 0 aliphatic heterocycles. The van der Waals surface area contributed by atoms with Crippen molar-refractivity contribution in [1.29, 1.82) is 0 Å². The Morgan fingerprint density at radius 1 is 1.62 bits per heavy atom. The predicted octanol–water partition coefficient (Wildman–Crippen LogP) is 1.34. The Morgan fingerprint density at radius 2 is 2.08 bits per heavy atom. The summed E-state index contributed by atoms with van der Waals surface area (Å²) in [4.78, 5) is 12.0. The Morgan fingerprint density at radius 3 is 2.38 bits per heavy atom. The number of aliphatic hydroxyl groups excluding tert-OH is 1. The van der Waals surface area contributed by atoms with Gasteiger partial charge < -0.3 is 10.4 Å². The molecule has 0 aromatic heterocycles. The summed E-state index contributed by atoms with van der Waals surface area (Å²) in [6, 6.07) is -0.499. The average Bonchev–Trinajstić information content (AvgIpc) is 2.00. The van der Waals surface area contributed by atoms with Gasteiger partial charge in [-0.15, -0.1) is 0 Å². The number of halogens is 3. The Hall–Kier alpha value is 0.1000. The fourth-order valence-corrected chi connectivity index (χ4v) is 1.05. The smallest absolute Gasteiger partial charge is 0.319 e. The third-order valence-electron chi connectivity index (χ3n) is 1.31. The van der Waals surface area contributed by atoms with Gasteiger partial charge >= 0.3 is 6.03 Å². The van der Waals surface area contributed by atoms with Crippen LogP contribution < -0.4 is 5.32 Å². The summed E-state index contributed by atoms with van der Waals surface area (Å²) >= 11 is 16.1. The highest BCUT2D eigenvalue weighted by Gasteiger charge is 2.36. The van der Waals surface area contributed by atoms with Crippen molar-refractivity contribution in [3.8, 4) is 0 Å². The number of nitrogens with zero attached hydrogens (tertiary/aromatic N) is 1. The van der Waals surface area contributed by atoms with E-state index in [0.717, 1.165) is 4.90 Å². The van der Waals surface area contributed by atoms with Crippen LogP contribution in [0.2, 0.25) is 0 Å². The molecule has 4 nitrogen and oxygen atoms in total. The lowest BCUT2D eigenvalue weighted by atomic mass is 10.5. The maximum absolute atomic E-state index is 11.1. The van der Waals surface area contributed by atoms with Gasteiger partial charge in [-0.1, -0.05) is 34.8 Å². The zero-order valence-corrected chi connectivity index (χ0v) is 9.49. The van der Waals surface area contributed by atoms with Crippen LogP contribution in [0.5, 0.6) is 0 Å². The summed E-state index contributed by atoms with van der Waals surface area (Å²) < 4.78 is -1.90. The molecule has 0 aliphatic carbocycles. The molecule has 0 aromatic rings. The molecule has 0 fully saturated rings. The van der Waals surface area contributed by atoms with Gasteiger partial charge in [-0.2, -0.15) is 0 Å². The molecule has 2 N–H and O–H groups in total. The summed E-state index contributed by atoms with van der Waals surface area (Å²) in [6.07, 6.45) is -1.47. The molecule has 1 unspecified atom stereocenters. The number of hydrogen-bond acceptors (Lipinski definition) is 2. The lowest BCUT2D eigenvalue weighted by Crippen LogP contribution is -2.49. The van der Waals surface area contributed by atoms with Crippen LogP contribution >= 0.6 is 34.8 Å². The highest BCUT2D eigenvalue weighted by molar-refractivity contribution is 6.68. The predicted molar refractivity (Wildman–Crippen MR) is 53.1 cm³/mol. The molecule has 0 rings (SSSR count). The van der Waals surface area contributed by atoms with Crippen molar-refractivity contribution < 1.29 is 9.90 Å². The van der Waals surface area contributed by atoms with Gasteiger partial charge in [0.05, 0.1) is 0 Å². The second kappa shape index (κ2) is 5.10. The quantitative estimate of drug-likeness (QED) is 0.573. The van der Waals surface area contributed by atoms with E-state index in [-0.39, 0.29) is 0 Å². The second-order valence-corrected chi connectivity index (χ2v) is 4.73. The van der Waals surface area contributed by atoms with Crippen LogP contribution in [0.4, 0.5) is 4.79 Å². The fourth-order valence-electron chi connectivity index (χ4n) is 0.607. The molecular weight excluding hydrogens is 238 g/mol. The van der Waals surface area contributed by atoms with E-state index in [9.17, 15) is 9.90 Å². The number of carbonyl (C=O) groups excluding carboxylic acids is 1. The summed E-state index contributed by atoms with van der Waals surface area (Å²) in [5.41, 5.74) is 0. The molecule has 2 amide bonds. The lowest BCUT2D eigenvalue weighted by Gasteiger charge is -2.28. The van der Waals surface area contributed by atoms with E-state index in [0.29, 0.717) is 6.54 Å². The van der Waals surface area contributed by atoms with E-state index in [4.69, 9.17) is 34.8 Å².